The molecule has 1 saturated carbocycles. The first-order valence-electron chi connectivity index (χ1n) is 7.53. The number of hydrogen-bond donors (Lipinski definition) is 3. The average Bonchev–Trinajstić information content (AvgIpc) is 2.52. The van der Waals surface area contributed by atoms with Crippen molar-refractivity contribution in [3.63, 3.8) is 0 Å². The minimum absolute atomic E-state index is 0.0511. The molecule has 4 heteroatoms. The van der Waals surface area contributed by atoms with Crippen molar-refractivity contribution in [2.75, 3.05) is 13.1 Å². The molecule has 20 heavy (non-hydrogen) atoms. The van der Waals surface area contributed by atoms with Crippen LogP contribution in [0, 0.1) is 5.92 Å². The fourth-order valence-electron chi connectivity index (χ4n) is 2.84. The first kappa shape index (κ1) is 15.0. The number of nitrogens with two attached hydrogens (primary N) is 1. The lowest BCUT2D eigenvalue weighted by molar-refractivity contribution is -0.120. The van der Waals surface area contributed by atoms with E-state index >= 15 is 0 Å². The Morgan fingerprint density at radius 1 is 1.20 bits per heavy atom. The fraction of sp³-hybridized carbons (Fsp3) is 0.562. The molecule has 1 amide bonds. The molecule has 1 fully saturated rings. The first-order chi connectivity index (χ1) is 9.79. The maximum Gasteiger partial charge on any atom is 0.234 e. The van der Waals surface area contributed by atoms with Gasteiger partial charge in [-0.05, 0) is 30.9 Å². The monoisotopic (exact) mass is 275 g/mol. The Kier molecular flexibility index (Phi) is 6.02. The summed E-state index contributed by atoms with van der Waals surface area (Å²) in [7, 11) is 0. The molecule has 0 radical (unpaired) electrons. The van der Waals surface area contributed by atoms with Crippen LogP contribution in [-0.2, 0) is 11.3 Å². The predicted octanol–water partition coefficient (Wildman–Crippen LogP) is 1.41. The van der Waals surface area contributed by atoms with Crippen LogP contribution in [-0.4, -0.2) is 25.0 Å². The molecule has 2 atom stereocenters. The highest BCUT2D eigenvalue weighted by Gasteiger charge is 2.23. The Labute approximate surface area is 121 Å². The quantitative estimate of drug-likeness (QED) is 0.735. The molecule has 0 bridgehead atoms. The highest BCUT2D eigenvalue weighted by Crippen LogP contribution is 2.23. The molecular formula is C16H25N3O. The van der Waals surface area contributed by atoms with Crippen molar-refractivity contribution >= 4 is 5.91 Å². The predicted molar refractivity (Wildman–Crippen MR) is 81.1 cm³/mol. The number of carbonyl (C=O) groups excluding carboxylic acids is 1. The summed E-state index contributed by atoms with van der Waals surface area (Å²) < 4.78 is 0. The van der Waals surface area contributed by atoms with E-state index in [-0.39, 0.29) is 5.91 Å². The third kappa shape index (κ3) is 4.62. The summed E-state index contributed by atoms with van der Waals surface area (Å²) in [6.07, 6.45) is 4.81. The molecule has 1 aromatic rings. The zero-order valence-corrected chi connectivity index (χ0v) is 12.0. The third-order valence-corrected chi connectivity index (χ3v) is 4.07. The van der Waals surface area contributed by atoms with E-state index in [0.29, 0.717) is 31.6 Å². The summed E-state index contributed by atoms with van der Waals surface area (Å²) in [6, 6.07) is 10.4. The third-order valence-electron chi connectivity index (χ3n) is 4.07. The fourth-order valence-corrected chi connectivity index (χ4v) is 2.84. The van der Waals surface area contributed by atoms with Crippen molar-refractivity contribution in [1.29, 1.82) is 0 Å². The lowest BCUT2D eigenvalue weighted by atomic mass is 9.84. The lowest BCUT2D eigenvalue weighted by Gasteiger charge is -2.31. The van der Waals surface area contributed by atoms with Crippen molar-refractivity contribution in [2.24, 2.45) is 11.7 Å². The number of amides is 1. The van der Waals surface area contributed by atoms with Crippen LogP contribution in [0.15, 0.2) is 30.3 Å². The van der Waals surface area contributed by atoms with Crippen LogP contribution in [0.25, 0.3) is 0 Å². The van der Waals surface area contributed by atoms with Crippen LogP contribution in [0.5, 0.6) is 0 Å². The van der Waals surface area contributed by atoms with Gasteiger partial charge in [0.25, 0.3) is 0 Å². The van der Waals surface area contributed by atoms with Crippen LogP contribution in [0.4, 0.5) is 0 Å². The highest BCUT2D eigenvalue weighted by atomic mass is 16.1. The van der Waals surface area contributed by atoms with Crippen LogP contribution in [0.2, 0.25) is 0 Å². The molecular weight excluding hydrogens is 250 g/mol. The molecule has 2 unspecified atom stereocenters. The number of rotatable bonds is 6. The number of benzene rings is 1. The Hall–Kier alpha value is -1.39. The summed E-state index contributed by atoms with van der Waals surface area (Å²) in [5, 5.41) is 6.31. The zero-order chi connectivity index (χ0) is 14.2. The van der Waals surface area contributed by atoms with E-state index in [1.165, 1.54) is 19.3 Å². The standard InChI is InChI=1S/C16H25N3O/c17-10-14-8-4-5-9-15(14)18-12-16(20)19-11-13-6-2-1-3-7-13/h1-3,6-7,14-15,18H,4-5,8-12,17H2,(H,19,20). The molecule has 0 aromatic heterocycles. The molecule has 1 aromatic carbocycles. The van der Waals surface area contributed by atoms with E-state index in [2.05, 4.69) is 10.6 Å². The second-order valence-corrected chi connectivity index (χ2v) is 5.53. The number of hydrogen-bond acceptors (Lipinski definition) is 3. The van der Waals surface area contributed by atoms with Crippen molar-refractivity contribution in [2.45, 2.75) is 38.3 Å². The topological polar surface area (TPSA) is 67.1 Å². The molecule has 0 saturated heterocycles. The van der Waals surface area contributed by atoms with E-state index in [9.17, 15) is 4.79 Å². The molecule has 4 nitrogen and oxygen atoms in total. The van der Waals surface area contributed by atoms with Crippen molar-refractivity contribution < 1.29 is 4.79 Å². The molecule has 2 rings (SSSR count). The molecule has 0 heterocycles. The summed E-state index contributed by atoms with van der Waals surface area (Å²) in [5.74, 6) is 0.570. The summed E-state index contributed by atoms with van der Waals surface area (Å²) in [6.45, 7) is 1.68. The Bertz CT molecular complexity index is 407. The molecule has 1 aliphatic carbocycles. The summed E-state index contributed by atoms with van der Waals surface area (Å²) in [4.78, 5) is 11.8. The average molecular weight is 275 g/mol. The maximum absolute atomic E-state index is 11.8. The van der Waals surface area contributed by atoms with Gasteiger partial charge in [-0.15, -0.1) is 0 Å². The van der Waals surface area contributed by atoms with Crippen LogP contribution in [0.1, 0.15) is 31.2 Å². The van der Waals surface area contributed by atoms with E-state index in [1.54, 1.807) is 0 Å². The summed E-state index contributed by atoms with van der Waals surface area (Å²) in [5.41, 5.74) is 6.92. The van der Waals surface area contributed by atoms with Crippen molar-refractivity contribution in [3.8, 4) is 0 Å². The van der Waals surface area contributed by atoms with E-state index in [4.69, 9.17) is 5.73 Å². The van der Waals surface area contributed by atoms with Gasteiger partial charge in [0.05, 0.1) is 6.54 Å². The molecule has 1 aliphatic rings. The smallest absolute Gasteiger partial charge is 0.234 e. The number of carbonyl (C=O) groups is 1. The van der Waals surface area contributed by atoms with E-state index < -0.39 is 0 Å². The van der Waals surface area contributed by atoms with Crippen molar-refractivity contribution in [1.82, 2.24) is 10.6 Å². The lowest BCUT2D eigenvalue weighted by Crippen LogP contribution is -2.45. The zero-order valence-electron chi connectivity index (χ0n) is 12.0. The Morgan fingerprint density at radius 3 is 2.70 bits per heavy atom. The van der Waals surface area contributed by atoms with Gasteiger partial charge >= 0.3 is 0 Å². The van der Waals surface area contributed by atoms with Gasteiger partial charge in [-0.25, -0.2) is 0 Å². The largest absolute Gasteiger partial charge is 0.351 e. The second-order valence-electron chi connectivity index (χ2n) is 5.53. The highest BCUT2D eigenvalue weighted by molar-refractivity contribution is 5.78. The van der Waals surface area contributed by atoms with Crippen LogP contribution >= 0.6 is 0 Å². The normalized spacial score (nSPS) is 22.4. The van der Waals surface area contributed by atoms with Gasteiger partial charge < -0.3 is 16.4 Å². The van der Waals surface area contributed by atoms with Gasteiger partial charge in [0.1, 0.15) is 0 Å². The van der Waals surface area contributed by atoms with Crippen LogP contribution < -0.4 is 16.4 Å². The Balaban J connectivity index is 1.69. The van der Waals surface area contributed by atoms with E-state index in [1.807, 2.05) is 30.3 Å². The minimum Gasteiger partial charge on any atom is -0.351 e. The maximum atomic E-state index is 11.8. The second kappa shape index (κ2) is 8.02. The first-order valence-corrected chi connectivity index (χ1v) is 7.53. The molecule has 0 aliphatic heterocycles. The van der Waals surface area contributed by atoms with Gasteiger partial charge in [-0.1, -0.05) is 43.2 Å². The molecule has 4 N–H and O–H groups in total. The Morgan fingerprint density at radius 2 is 1.95 bits per heavy atom. The minimum atomic E-state index is 0.0511. The molecule has 0 spiro atoms. The summed E-state index contributed by atoms with van der Waals surface area (Å²) >= 11 is 0. The van der Waals surface area contributed by atoms with Gasteiger partial charge in [0.15, 0.2) is 0 Å². The number of nitrogens with one attached hydrogen (secondary N) is 2. The molecule has 110 valence electrons. The van der Waals surface area contributed by atoms with E-state index in [0.717, 1.165) is 12.0 Å². The SMILES string of the molecule is NCC1CCCCC1NCC(=O)NCc1ccccc1. The van der Waals surface area contributed by atoms with Gasteiger partial charge in [-0.2, -0.15) is 0 Å². The van der Waals surface area contributed by atoms with Gasteiger partial charge in [0.2, 0.25) is 5.91 Å². The van der Waals surface area contributed by atoms with Crippen LogP contribution in [0.3, 0.4) is 0 Å². The van der Waals surface area contributed by atoms with Gasteiger partial charge in [0, 0.05) is 12.6 Å². The van der Waals surface area contributed by atoms with Gasteiger partial charge in [-0.3, -0.25) is 4.79 Å². The van der Waals surface area contributed by atoms with Crippen molar-refractivity contribution in [3.05, 3.63) is 35.9 Å².